The first kappa shape index (κ1) is 15.7. The number of carboxylic acid groups (broad SMARTS) is 1. The molecule has 0 unspecified atom stereocenters. The van der Waals surface area contributed by atoms with E-state index in [1.54, 1.807) is 32.0 Å². The van der Waals surface area contributed by atoms with Gasteiger partial charge in [-0.1, -0.05) is 38.5 Å². The second-order valence-electron chi connectivity index (χ2n) is 4.59. The molecular formula is C13H19NO4S. The van der Waals surface area contributed by atoms with Crippen molar-refractivity contribution in [1.82, 2.24) is 4.72 Å². The van der Waals surface area contributed by atoms with E-state index < -0.39 is 22.0 Å². The lowest BCUT2D eigenvalue weighted by molar-refractivity contribution is -0.140. The van der Waals surface area contributed by atoms with Crippen LogP contribution >= 0.6 is 0 Å². The van der Waals surface area contributed by atoms with Crippen LogP contribution in [0, 0.1) is 12.8 Å². The molecule has 6 heteroatoms. The SMILES string of the molecule is CC[C@H](C)[C@H](NS(=O)(=O)c1ccccc1C)C(=O)O. The fraction of sp³-hybridized carbons (Fsp3) is 0.462. The predicted octanol–water partition coefficient (Wildman–Crippen LogP) is 1.77. The van der Waals surface area contributed by atoms with Crippen LogP contribution in [0.5, 0.6) is 0 Å². The zero-order chi connectivity index (χ0) is 14.6. The highest BCUT2D eigenvalue weighted by molar-refractivity contribution is 7.89. The summed E-state index contributed by atoms with van der Waals surface area (Å²) in [6.07, 6.45) is 0.577. The minimum Gasteiger partial charge on any atom is -0.480 e. The highest BCUT2D eigenvalue weighted by Gasteiger charge is 2.29. The van der Waals surface area contributed by atoms with Gasteiger partial charge in [0.1, 0.15) is 6.04 Å². The van der Waals surface area contributed by atoms with Gasteiger partial charge >= 0.3 is 5.97 Å². The fourth-order valence-corrected chi connectivity index (χ4v) is 3.28. The minimum absolute atomic E-state index is 0.115. The topological polar surface area (TPSA) is 83.5 Å². The highest BCUT2D eigenvalue weighted by Crippen LogP contribution is 2.17. The zero-order valence-electron chi connectivity index (χ0n) is 11.3. The quantitative estimate of drug-likeness (QED) is 0.834. The monoisotopic (exact) mass is 285 g/mol. The fourth-order valence-electron chi connectivity index (χ4n) is 1.73. The van der Waals surface area contributed by atoms with Crippen LogP contribution in [0.2, 0.25) is 0 Å². The first-order valence-corrected chi connectivity index (χ1v) is 7.58. The third-order valence-electron chi connectivity index (χ3n) is 3.14. The summed E-state index contributed by atoms with van der Waals surface area (Å²) in [5.74, 6) is -1.44. The summed E-state index contributed by atoms with van der Waals surface area (Å²) in [4.78, 5) is 11.3. The van der Waals surface area contributed by atoms with Crippen molar-refractivity contribution in [1.29, 1.82) is 0 Å². The molecule has 0 fully saturated rings. The number of sulfonamides is 1. The maximum atomic E-state index is 12.2. The number of hydrogen-bond donors (Lipinski definition) is 2. The van der Waals surface area contributed by atoms with E-state index in [4.69, 9.17) is 5.11 Å². The maximum absolute atomic E-state index is 12.2. The van der Waals surface area contributed by atoms with E-state index in [-0.39, 0.29) is 10.8 Å². The summed E-state index contributed by atoms with van der Waals surface area (Å²) in [7, 11) is -3.82. The van der Waals surface area contributed by atoms with Gasteiger partial charge in [-0.3, -0.25) is 4.79 Å². The van der Waals surface area contributed by atoms with Crippen molar-refractivity contribution in [3.05, 3.63) is 29.8 Å². The molecule has 0 heterocycles. The van der Waals surface area contributed by atoms with Crippen LogP contribution in [-0.2, 0) is 14.8 Å². The lowest BCUT2D eigenvalue weighted by Crippen LogP contribution is -2.45. The van der Waals surface area contributed by atoms with E-state index in [1.807, 2.05) is 6.92 Å². The van der Waals surface area contributed by atoms with Crippen molar-refractivity contribution in [2.75, 3.05) is 0 Å². The van der Waals surface area contributed by atoms with Crippen LogP contribution in [0.15, 0.2) is 29.2 Å². The molecule has 0 aliphatic heterocycles. The Morgan fingerprint density at radius 2 is 1.95 bits per heavy atom. The summed E-state index contributed by atoms with van der Waals surface area (Å²) in [5.41, 5.74) is 0.586. The van der Waals surface area contributed by atoms with Gasteiger partial charge in [0.25, 0.3) is 0 Å². The molecule has 1 aromatic rings. The minimum atomic E-state index is -3.82. The number of nitrogens with one attached hydrogen (secondary N) is 1. The van der Waals surface area contributed by atoms with E-state index in [1.165, 1.54) is 6.07 Å². The molecule has 2 atom stereocenters. The smallest absolute Gasteiger partial charge is 0.322 e. The van der Waals surface area contributed by atoms with Crippen LogP contribution in [0.3, 0.4) is 0 Å². The Morgan fingerprint density at radius 3 is 2.42 bits per heavy atom. The van der Waals surface area contributed by atoms with E-state index in [9.17, 15) is 13.2 Å². The van der Waals surface area contributed by atoms with Crippen LogP contribution in [-0.4, -0.2) is 25.5 Å². The molecule has 106 valence electrons. The third kappa shape index (κ3) is 3.78. The zero-order valence-corrected chi connectivity index (χ0v) is 12.1. The van der Waals surface area contributed by atoms with E-state index in [0.29, 0.717) is 12.0 Å². The molecule has 0 amide bonds. The Labute approximate surface area is 113 Å². The van der Waals surface area contributed by atoms with E-state index in [0.717, 1.165) is 0 Å². The molecule has 0 bridgehead atoms. The van der Waals surface area contributed by atoms with Gasteiger partial charge < -0.3 is 5.11 Å². The molecular weight excluding hydrogens is 266 g/mol. The molecule has 0 radical (unpaired) electrons. The number of carbonyl (C=O) groups is 1. The van der Waals surface area contributed by atoms with Gasteiger partial charge in [0.2, 0.25) is 10.0 Å². The van der Waals surface area contributed by atoms with Crippen molar-refractivity contribution in [3.63, 3.8) is 0 Å². The Hall–Kier alpha value is -1.40. The van der Waals surface area contributed by atoms with Gasteiger partial charge in [0.05, 0.1) is 4.90 Å². The third-order valence-corrected chi connectivity index (χ3v) is 4.75. The summed E-state index contributed by atoms with van der Waals surface area (Å²) >= 11 is 0. The summed E-state index contributed by atoms with van der Waals surface area (Å²) in [6, 6.07) is 5.37. The molecule has 1 aromatic carbocycles. The van der Waals surface area contributed by atoms with Gasteiger partial charge in [0, 0.05) is 0 Å². The average Bonchev–Trinajstić information content (AvgIpc) is 2.35. The van der Waals surface area contributed by atoms with Crippen LogP contribution in [0.1, 0.15) is 25.8 Å². The first-order chi connectivity index (χ1) is 8.79. The van der Waals surface area contributed by atoms with Gasteiger partial charge in [-0.2, -0.15) is 4.72 Å². The van der Waals surface area contributed by atoms with Crippen molar-refractivity contribution >= 4 is 16.0 Å². The number of rotatable bonds is 6. The second kappa shape index (κ2) is 6.16. The molecule has 0 saturated carbocycles. The molecule has 1 rings (SSSR count). The molecule has 2 N–H and O–H groups in total. The van der Waals surface area contributed by atoms with Gasteiger partial charge in [0.15, 0.2) is 0 Å². The number of benzene rings is 1. The number of carboxylic acids is 1. The Balaban J connectivity index is 3.08. The summed E-state index contributed by atoms with van der Waals surface area (Å²) in [6.45, 7) is 5.20. The van der Waals surface area contributed by atoms with Gasteiger partial charge in [-0.25, -0.2) is 8.42 Å². The van der Waals surface area contributed by atoms with Crippen molar-refractivity contribution in [3.8, 4) is 0 Å². The molecule has 0 aromatic heterocycles. The van der Waals surface area contributed by atoms with Crippen molar-refractivity contribution < 1.29 is 18.3 Å². The molecule has 0 aliphatic carbocycles. The van der Waals surface area contributed by atoms with E-state index >= 15 is 0 Å². The standard InChI is InChI=1S/C13H19NO4S/c1-4-9(2)12(13(15)16)14-19(17,18)11-8-6-5-7-10(11)3/h5-9,12,14H,4H2,1-3H3,(H,15,16)/t9-,12-/m0/s1. The van der Waals surface area contributed by atoms with Crippen LogP contribution in [0.4, 0.5) is 0 Å². The van der Waals surface area contributed by atoms with Crippen LogP contribution < -0.4 is 4.72 Å². The normalized spacial score (nSPS) is 14.9. The number of aliphatic carboxylic acids is 1. The number of aryl methyl sites for hydroxylation is 1. The predicted molar refractivity (Wildman–Crippen MR) is 72.4 cm³/mol. The molecule has 19 heavy (non-hydrogen) atoms. The largest absolute Gasteiger partial charge is 0.480 e. The van der Waals surface area contributed by atoms with Crippen molar-refractivity contribution in [2.24, 2.45) is 5.92 Å². The Morgan fingerprint density at radius 1 is 1.37 bits per heavy atom. The molecule has 0 saturated heterocycles. The summed E-state index contributed by atoms with van der Waals surface area (Å²) in [5, 5.41) is 9.13. The summed E-state index contributed by atoms with van der Waals surface area (Å²) < 4.78 is 26.7. The van der Waals surface area contributed by atoms with E-state index in [2.05, 4.69) is 4.72 Å². The maximum Gasteiger partial charge on any atom is 0.322 e. The number of hydrogen-bond acceptors (Lipinski definition) is 3. The molecule has 5 nitrogen and oxygen atoms in total. The second-order valence-corrected chi connectivity index (χ2v) is 6.27. The molecule has 0 spiro atoms. The molecule has 0 aliphatic rings. The highest BCUT2D eigenvalue weighted by atomic mass is 32.2. The Bertz CT molecular complexity index is 554. The first-order valence-electron chi connectivity index (χ1n) is 6.10. The van der Waals surface area contributed by atoms with Crippen molar-refractivity contribution in [2.45, 2.75) is 38.1 Å². The lowest BCUT2D eigenvalue weighted by atomic mass is 10.0. The average molecular weight is 285 g/mol. The Kier molecular flexibility index (Phi) is 5.08. The van der Waals surface area contributed by atoms with Gasteiger partial charge in [-0.05, 0) is 24.5 Å². The van der Waals surface area contributed by atoms with Crippen LogP contribution in [0.25, 0.3) is 0 Å². The lowest BCUT2D eigenvalue weighted by Gasteiger charge is -2.20. The van der Waals surface area contributed by atoms with Gasteiger partial charge in [-0.15, -0.1) is 0 Å².